The molecule has 0 spiro atoms. The average Bonchev–Trinajstić information content (AvgIpc) is 3.13. The molecule has 1 aliphatic rings. The second-order valence-electron chi connectivity index (χ2n) is 8.06. The molecule has 1 aliphatic heterocycles. The van der Waals surface area contributed by atoms with Crippen LogP contribution in [0.1, 0.15) is 62.9 Å². The van der Waals surface area contributed by atoms with Crippen LogP contribution in [0.4, 0.5) is 0 Å². The van der Waals surface area contributed by atoms with Crippen molar-refractivity contribution < 1.29 is 9.59 Å². The van der Waals surface area contributed by atoms with Gasteiger partial charge in [0.1, 0.15) is 0 Å². The van der Waals surface area contributed by atoms with Gasteiger partial charge in [0.15, 0.2) is 0 Å². The molecule has 158 valence electrons. The Labute approximate surface area is 176 Å². The van der Waals surface area contributed by atoms with Crippen molar-refractivity contribution in [2.24, 2.45) is 0 Å². The summed E-state index contributed by atoms with van der Waals surface area (Å²) in [5.74, 6) is 0.486. The lowest BCUT2D eigenvalue weighted by atomic mass is 10.0. The van der Waals surface area contributed by atoms with Crippen molar-refractivity contribution in [3.8, 4) is 0 Å². The van der Waals surface area contributed by atoms with Crippen molar-refractivity contribution in [2.75, 3.05) is 13.1 Å². The van der Waals surface area contributed by atoms with Gasteiger partial charge in [-0.05, 0) is 43.0 Å². The molecular formula is C22H32N4O2S. The second-order valence-corrected chi connectivity index (χ2v) is 9.17. The smallest absolute Gasteiger partial charge is 0.237 e. The Morgan fingerprint density at radius 2 is 2.14 bits per heavy atom. The van der Waals surface area contributed by atoms with Gasteiger partial charge in [-0.2, -0.15) is 0 Å². The summed E-state index contributed by atoms with van der Waals surface area (Å²) < 4.78 is 1.17. The van der Waals surface area contributed by atoms with Crippen molar-refractivity contribution >= 4 is 33.4 Å². The fraction of sp³-hybridized carbons (Fsp3) is 0.591. The summed E-state index contributed by atoms with van der Waals surface area (Å²) in [5.41, 5.74) is 2.29. The standard InChI is InChI=1S/C22H32N4O2S/c1-4-20(27)25-16(13-24-22(28)18-7-5-6-10-23-18)12-21-26-17-9-8-15(14(2)3)11-19(17)29-21/h8-9,11,14,16,18,23H,4-7,10,12-13H2,1-3H3,(H,24,28)(H,25,27)/t16-,18+/m0/s1. The van der Waals surface area contributed by atoms with E-state index >= 15 is 0 Å². The van der Waals surface area contributed by atoms with E-state index in [1.807, 2.05) is 6.92 Å². The molecule has 1 aromatic carbocycles. The monoisotopic (exact) mass is 416 g/mol. The van der Waals surface area contributed by atoms with E-state index in [-0.39, 0.29) is 23.9 Å². The van der Waals surface area contributed by atoms with E-state index in [0.717, 1.165) is 36.3 Å². The number of carbonyl (C=O) groups is 2. The molecule has 0 aliphatic carbocycles. The van der Waals surface area contributed by atoms with Crippen LogP contribution in [0.3, 0.4) is 0 Å². The summed E-state index contributed by atoms with van der Waals surface area (Å²) in [4.78, 5) is 29.2. The van der Waals surface area contributed by atoms with Gasteiger partial charge in [-0.15, -0.1) is 11.3 Å². The van der Waals surface area contributed by atoms with Gasteiger partial charge in [0.2, 0.25) is 11.8 Å². The molecule has 6 nitrogen and oxygen atoms in total. The third-order valence-corrected chi connectivity index (χ3v) is 6.42. The summed E-state index contributed by atoms with van der Waals surface area (Å²) >= 11 is 1.67. The number of carbonyl (C=O) groups excluding carboxylic acids is 2. The van der Waals surface area contributed by atoms with Crippen molar-refractivity contribution in [3.63, 3.8) is 0 Å². The van der Waals surface area contributed by atoms with Crippen molar-refractivity contribution in [3.05, 3.63) is 28.8 Å². The summed E-state index contributed by atoms with van der Waals surface area (Å²) in [6, 6.07) is 6.12. The van der Waals surface area contributed by atoms with Crippen LogP contribution in [-0.4, -0.2) is 42.0 Å². The summed E-state index contributed by atoms with van der Waals surface area (Å²) in [6.45, 7) is 7.50. The molecular weight excluding hydrogens is 384 g/mol. The molecule has 1 fully saturated rings. The number of hydrogen-bond acceptors (Lipinski definition) is 5. The topological polar surface area (TPSA) is 83.1 Å². The number of aromatic nitrogens is 1. The van der Waals surface area contributed by atoms with E-state index in [1.165, 1.54) is 10.3 Å². The van der Waals surface area contributed by atoms with Crippen LogP contribution in [0.15, 0.2) is 18.2 Å². The number of fused-ring (bicyclic) bond motifs is 1. The minimum absolute atomic E-state index is 0.0109. The molecule has 7 heteroatoms. The van der Waals surface area contributed by atoms with Gasteiger partial charge in [0.25, 0.3) is 0 Å². The van der Waals surface area contributed by atoms with E-state index < -0.39 is 0 Å². The van der Waals surface area contributed by atoms with E-state index in [9.17, 15) is 9.59 Å². The number of rotatable bonds is 8. The molecule has 2 aromatic rings. The zero-order valence-corrected chi connectivity index (χ0v) is 18.4. The Morgan fingerprint density at radius 1 is 1.31 bits per heavy atom. The SMILES string of the molecule is CCC(=O)N[C@H](CNC(=O)[C@H]1CCCCN1)Cc1nc2ccc(C(C)C)cc2s1. The normalized spacial score (nSPS) is 18.0. The highest BCUT2D eigenvalue weighted by atomic mass is 32.1. The highest BCUT2D eigenvalue weighted by Crippen LogP contribution is 2.27. The van der Waals surface area contributed by atoms with Crippen LogP contribution in [0, 0.1) is 0 Å². The molecule has 1 aromatic heterocycles. The lowest BCUT2D eigenvalue weighted by Crippen LogP contribution is -2.51. The molecule has 2 amide bonds. The maximum Gasteiger partial charge on any atom is 0.237 e. The fourth-order valence-electron chi connectivity index (χ4n) is 3.57. The number of nitrogens with zero attached hydrogens (tertiary/aromatic N) is 1. The maximum absolute atomic E-state index is 12.5. The van der Waals surface area contributed by atoms with Crippen molar-refractivity contribution in [2.45, 2.75) is 70.9 Å². The third-order valence-electron chi connectivity index (χ3n) is 5.38. The fourth-order valence-corrected chi connectivity index (χ4v) is 4.67. The highest BCUT2D eigenvalue weighted by molar-refractivity contribution is 7.18. The molecule has 29 heavy (non-hydrogen) atoms. The van der Waals surface area contributed by atoms with Gasteiger partial charge in [-0.3, -0.25) is 9.59 Å². The van der Waals surface area contributed by atoms with Gasteiger partial charge < -0.3 is 16.0 Å². The zero-order valence-electron chi connectivity index (χ0n) is 17.6. The first-order valence-corrected chi connectivity index (χ1v) is 11.5. The van der Waals surface area contributed by atoms with Crippen LogP contribution in [-0.2, 0) is 16.0 Å². The quantitative estimate of drug-likeness (QED) is 0.617. The van der Waals surface area contributed by atoms with E-state index in [1.54, 1.807) is 11.3 Å². The molecule has 0 saturated carbocycles. The van der Waals surface area contributed by atoms with Gasteiger partial charge in [-0.25, -0.2) is 4.98 Å². The molecule has 2 heterocycles. The third kappa shape index (κ3) is 6.00. The average molecular weight is 417 g/mol. The lowest BCUT2D eigenvalue weighted by Gasteiger charge is -2.24. The highest BCUT2D eigenvalue weighted by Gasteiger charge is 2.22. The number of amides is 2. The predicted octanol–water partition coefficient (Wildman–Crippen LogP) is 3.12. The van der Waals surface area contributed by atoms with Gasteiger partial charge >= 0.3 is 0 Å². The number of nitrogens with one attached hydrogen (secondary N) is 3. The Morgan fingerprint density at radius 3 is 2.83 bits per heavy atom. The van der Waals surface area contributed by atoms with Crippen molar-refractivity contribution in [1.82, 2.24) is 20.9 Å². The Hall–Kier alpha value is -1.99. The number of benzene rings is 1. The Bertz CT molecular complexity index is 842. The van der Waals surface area contributed by atoms with Crippen LogP contribution in [0.2, 0.25) is 0 Å². The first-order valence-electron chi connectivity index (χ1n) is 10.7. The Balaban J connectivity index is 1.67. The van der Waals surface area contributed by atoms with Gasteiger partial charge in [0, 0.05) is 19.4 Å². The van der Waals surface area contributed by atoms with Crippen LogP contribution >= 0.6 is 11.3 Å². The van der Waals surface area contributed by atoms with E-state index in [2.05, 4.69) is 48.0 Å². The van der Waals surface area contributed by atoms with Gasteiger partial charge in [-0.1, -0.05) is 33.3 Å². The first-order chi connectivity index (χ1) is 14.0. The molecule has 0 radical (unpaired) electrons. The van der Waals surface area contributed by atoms with Gasteiger partial charge in [0.05, 0.1) is 27.3 Å². The van der Waals surface area contributed by atoms with Crippen molar-refractivity contribution in [1.29, 1.82) is 0 Å². The summed E-state index contributed by atoms with van der Waals surface area (Å²) in [7, 11) is 0. The number of piperidine rings is 1. The molecule has 0 bridgehead atoms. The first kappa shape index (κ1) is 21.7. The van der Waals surface area contributed by atoms with Crippen LogP contribution < -0.4 is 16.0 Å². The zero-order chi connectivity index (χ0) is 20.8. The second kappa shape index (κ2) is 10.2. The molecule has 3 rings (SSSR count). The van der Waals surface area contributed by atoms with Crippen LogP contribution in [0.5, 0.6) is 0 Å². The summed E-state index contributed by atoms with van der Waals surface area (Å²) in [6.07, 6.45) is 4.10. The Kier molecular flexibility index (Phi) is 7.61. The minimum atomic E-state index is -0.167. The lowest BCUT2D eigenvalue weighted by molar-refractivity contribution is -0.125. The van der Waals surface area contributed by atoms with E-state index in [4.69, 9.17) is 4.98 Å². The largest absolute Gasteiger partial charge is 0.353 e. The molecule has 1 saturated heterocycles. The summed E-state index contributed by atoms with van der Waals surface area (Å²) in [5, 5.41) is 10.3. The van der Waals surface area contributed by atoms with Crippen LogP contribution in [0.25, 0.3) is 10.2 Å². The maximum atomic E-state index is 12.5. The molecule has 2 atom stereocenters. The van der Waals surface area contributed by atoms with E-state index in [0.29, 0.717) is 25.3 Å². The number of thiazole rings is 1. The predicted molar refractivity (Wildman–Crippen MR) is 118 cm³/mol. The number of hydrogen-bond donors (Lipinski definition) is 3. The molecule has 3 N–H and O–H groups in total. The molecule has 0 unspecified atom stereocenters. The minimum Gasteiger partial charge on any atom is -0.353 e.